The number of nitrogens with zero attached hydrogens (tertiary/aromatic N) is 1. The molecule has 0 aromatic rings. The Morgan fingerprint density at radius 2 is 1.87 bits per heavy atom. The predicted octanol–water partition coefficient (Wildman–Crippen LogP) is 3.38. The van der Waals surface area contributed by atoms with Crippen LogP contribution in [0.15, 0.2) is 12.7 Å². The van der Waals surface area contributed by atoms with Gasteiger partial charge in [0.25, 0.3) is 0 Å². The maximum absolute atomic E-state index is 11.8. The minimum atomic E-state index is 0.289. The van der Waals surface area contributed by atoms with Gasteiger partial charge in [-0.25, -0.2) is 0 Å². The van der Waals surface area contributed by atoms with Crippen LogP contribution < -0.4 is 0 Å². The Kier molecular flexibility index (Phi) is 9.24. The number of carbonyl (C=O) groups excluding carboxylic acids is 1. The Morgan fingerprint density at radius 1 is 1.20 bits per heavy atom. The molecule has 0 aliphatic rings. The van der Waals surface area contributed by atoms with E-state index in [-0.39, 0.29) is 5.91 Å². The Morgan fingerprint density at radius 3 is 2.40 bits per heavy atom. The van der Waals surface area contributed by atoms with Gasteiger partial charge >= 0.3 is 0 Å². The minimum Gasteiger partial charge on any atom is -0.339 e. The molecule has 0 aliphatic carbocycles. The molecule has 2 nitrogen and oxygen atoms in total. The molecule has 0 atom stereocenters. The molecule has 0 spiro atoms. The topological polar surface area (TPSA) is 20.3 Å². The van der Waals surface area contributed by atoms with Crippen LogP contribution in [-0.4, -0.2) is 23.9 Å². The molecule has 15 heavy (non-hydrogen) atoms. The van der Waals surface area contributed by atoms with E-state index in [1.807, 2.05) is 11.0 Å². The van der Waals surface area contributed by atoms with Crippen LogP contribution in [0.1, 0.15) is 52.4 Å². The van der Waals surface area contributed by atoms with Crippen LogP contribution in [0, 0.1) is 0 Å². The lowest BCUT2D eigenvalue weighted by Crippen LogP contribution is -2.31. The molecule has 0 aromatic carbocycles. The molecule has 0 saturated carbocycles. The number of amides is 1. The first-order chi connectivity index (χ1) is 7.26. The second kappa shape index (κ2) is 9.75. The van der Waals surface area contributed by atoms with Crippen molar-refractivity contribution in [3.8, 4) is 0 Å². The van der Waals surface area contributed by atoms with Crippen molar-refractivity contribution in [1.29, 1.82) is 0 Å². The first-order valence-electron chi connectivity index (χ1n) is 6.14. The monoisotopic (exact) mass is 211 g/mol. The normalized spacial score (nSPS) is 10.0. The molecular formula is C13H25NO. The van der Waals surface area contributed by atoms with Crippen LogP contribution in [0.3, 0.4) is 0 Å². The van der Waals surface area contributed by atoms with Crippen molar-refractivity contribution in [2.45, 2.75) is 52.4 Å². The molecule has 0 bridgehead atoms. The highest BCUT2D eigenvalue weighted by Crippen LogP contribution is 2.04. The molecule has 0 fully saturated rings. The zero-order chi connectivity index (χ0) is 11.5. The molecule has 0 radical (unpaired) electrons. The van der Waals surface area contributed by atoms with Crippen LogP contribution in [0.25, 0.3) is 0 Å². The summed E-state index contributed by atoms with van der Waals surface area (Å²) >= 11 is 0. The average Bonchev–Trinajstić information content (AvgIpc) is 2.24. The lowest BCUT2D eigenvalue weighted by atomic mass is 10.2. The van der Waals surface area contributed by atoms with E-state index in [9.17, 15) is 4.79 Å². The van der Waals surface area contributed by atoms with E-state index in [1.165, 1.54) is 6.42 Å². The highest BCUT2D eigenvalue weighted by Gasteiger charge is 2.10. The Labute approximate surface area is 94.4 Å². The number of carbonyl (C=O) groups is 1. The Hall–Kier alpha value is -0.790. The summed E-state index contributed by atoms with van der Waals surface area (Å²) in [4.78, 5) is 13.7. The number of unbranched alkanes of at least 4 members (excludes halogenated alkanes) is 3. The summed E-state index contributed by atoms with van der Waals surface area (Å²) in [6.07, 6.45) is 8.09. The maximum Gasteiger partial charge on any atom is 0.222 e. The molecule has 0 heterocycles. The van der Waals surface area contributed by atoms with Gasteiger partial charge in [0.2, 0.25) is 5.91 Å². The molecule has 0 unspecified atom stereocenters. The molecule has 0 saturated heterocycles. The van der Waals surface area contributed by atoms with Crippen LogP contribution in [0.2, 0.25) is 0 Å². The van der Waals surface area contributed by atoms with Gasteiger partial charge < -0.3 is 4.90 Å². The van der Waals surface area contributed by atoms with E-state index in [0.29, 0.717) is 13.0 Å². The highest BCUT2D eigenvalue weighted by molar-refractivity contribution is 5.76. The van der Waals surface area contributed by atoms with Gasteiger partial charge in [-0.15, -0.1) is 6.58 Å². The fourth-order valence-electron chi connectivity index (χ4n) is 1.51. The van der Waals surface area contributed by atoms with Crippen LogP contribution in [0.4, 0.5) is 0 Å². The van der Waals surface area contributed by atoms with Gasteiger partial charge in [0, 0.05) is 19.5 Å². The molecule has 1 amide bonds. The number of rotatable bonds is 9. The molecule has 0 aromatic heterocycles. The first-order valence-corrected chi connectivity index (χ1v) is 6.14. The average molecular weight is 211 g/mol. The quantitative estimate of drug-likeness (QED) is 0.423. The third-order valence-corrected chi connectivity index (χ3v) is 2.48. The van der Waals surface area contributed by atoms with Gasteiger partial charge in [-0.05, 0) is 12.8 Å². The number of hydrogen-bond acceptors (Lipinski definition) is 1. The summed E-state index contributed by atoms with van der Waals surface area (Å²) in [5, 5.41) is 0. The SMILES string of the molecule is C=CCN(CCCC)C(=O)CCCCC. The summed E-state index contributed by atoms with van der Waals surface area (Å²) in [6, 6.07) is 0. The van der Waals surface area contributed by atoms with E-state index in [2.05, 4.69) is 20.4 Å². The maximum atomic E-state index is 11.8. The summed E-state index contributed by atoms with van der Waals surface area (Å²) in [5.41, 5.74) is 0. The molecule has 0 N–H and O–H groups in total. The zero-order valence-corrected chi connectivity index (χ0v) is 10.3. The Bertz CT molecular complexity index is 177. The van der Waals surface area contributed by atoms with Gasteiger partial charge in [0.1, 0.15) is 0 Å². The van der Waals surface area contributed by atoms with Crippen molar-refractivity contribution in [2.75, 3.05) is 13.1 Å². The summed E-state index contributed by atoms with van der Waals surface area (Å²) < 4.78 is 0. The van der Waals surface area contributed by atoms with Crippen molar-refractivity contribution in [1.82, 2.24) is 4.90 Å². The lowest BCUT2D eigenvalue weighted by molar-refractivity contribution is -0.130. The van der Waals surface area contributed by atoms with Crippen molar-refractivity contribution < 1.29 is 4.79 Å². The van der Waals surface area contributed by atoms with Gasteiger partial charge in [-0.1, -0.05) is 39.2 Å². The molecule has 2 heteroatoms. The molecular weight excluding hydrogens is 186 g/mol. The van der Waals surface area contributed by atoms with E-state index < -0.39 is 0 Å². The van der Waals surface area contributed by atoms with Gasteiger partial charge in [-0.3, -0.25) is 4.79 Å². The summed E-state index contributed by atoms with van der Waals surface area (Å²) in [5.74, 6) is 0.289. The third-order valence-electron chi connectivity index (χ3n) is 2.48. The van der Waals surface area contributed by atoms with Gasteiger partial charge in [0.15, 0.2) is 0 Å². The summed E-state index contributed by atoms with van der Waals surface area (Å²) in [7, 11) is 0. The second-order valence-corrected chi connectivity index (χ2v) is 3.94. The minimum absolute atomic E-state index is 0.289. The van der Waals surface area contributed by atoms with Gasteiger partial charge in [0.05, 0.1) is 0 Å². The largest absolute Gasteiger partial charge is 0.339 e. The standard InChI is InChI=1S/C13H25NO/c1-4-7-9-10-13(15)14(11-6-3)12-8-5-2/h6H,3-5,7-12H2,1-2H3. The van der Waals surface area contributed by atoms with Crippen molar-refractivity contribution in [3.63, 3.8) is 0 Å². The van der Waals surface area contributed by atoms with Crippen LogP contribution in [-0.2, 0) is 4.79 Å². The molecule has 0 rings (SSSR count). The van der Waals surface area contributed by atoms with Crippen LogP contribution in [0.5, 0.6) is 0 Å². The molecule has 0 aliphatic heterocycles. The van der Waals surface area contributed by atoms with E-state index in [0.717, 1.165) is 32.2 Å². The van der Waals surface area contributed by atoms with Crippen LogP contribution >= 0.6 is 0 Å². The smallest absolute Gasteiger partial charge is 0.222 e. The third kappa shape index (κ3) is 7.18. The van der Waals surface area contributed by atoms with Gasteiger partial charge in [-0.2, -0.15) is 0 Å². The lowest BCUT2D eigenvalue weighted by Gasteiger charge is -2.20. The fraction of sp³-hybridized carbons (Fsp3) is 0.769. The molecule has 88 valence electrons. The van der Waals surface area contributed by atoms with E-state index in [4.69, 9.17) is 0 Å². The van der Waals surface area contributed by atoms with Crippen molar-refractivity contribution in [3.05, 3.63) is 12.7 Å². The van der Waals surface area contributed by atoms with E-state index in [1.54, 1.807) is 0 Å². The first kappa shape index (κ1) is 14.2. The second-order valence-electron chi connectivity index (χ2n) is 3.94. The predicted molar refractivity (Wildman–Crippen MR) is 65.8 cm³/mol. The van der Waals surface area contributed by atoms with E-state index >= 15 is 0 Å². The van der Waals surface area contributed by atoms with Crippen molar-refractivity contribution in [2.24, 2.45) is 0 Å². The zero-order valence-electron chi connectivity index (χ0n) is 10.3. The summed E-state index contributed by atoms with van der Waals surface area (Å²) in [6.45, 7) is 9.58. The van der Waals surface area contributed by atoms with Crippen molar-refractivity contribution >= 4 is 5.91 Å². The Balaban J connectivity index is 3.86. The highest BCUT2D eigenvalue weighted by atomic mass is 16.2. The fourth-order valence-corrected chi connectivity index (χ4v) is 1.51. The number of hydrogen-bond donors (Lipinski definition) is 0.